The van der Waals surface area contributed by atoms with Crippen molar-refractivity contribution in [2.75, 3.05) is 6.54 Å². The summed E-state index contributed by atoms with van der Waals surface area (Å²) in [5.74, 6) is 0.00287. The van der Waals surface area contributed by atoms with E-state index in [1.807, 2.05) is 4.90 Å². The van der Waals surface area contributed by atoms with E-state index in [-0.39, 0.29) is 5.91 Å². The van der Waals surface area contributed by atoms with Gasteiger partial charge in [0.15, 0.2) is 5.69 Å². The first-order chi connectivity index (χ1) is 6.83. The van der Waals surface area contributed by atoms with E-state index in [0.29, 0.717) is 11.7 Å². The van der Waals surface area contributed by atoms with Gasteiger partial charge in [0, 0.05) is 12.6 Å². The Bertz CT molecular complexity index is 305. The summed E-state index contributed by atoms with van der Waals surface area (Å²) in [4.78, 5) is 13.8. The Balaban J connectivity index is 2.07. The molecular weight excluding hydrogens is 180 g/mol. The molecular formula is C9H14N4O. The number of H-pyrrole nitrogens is 1. The summed E-state index contributed by atoms with van der Waals surface area (Å²) in [6.45, 7) is 2.89. The number of carbonyl (C=O) groups is 1. The Morgan fingerprint density at radius 2 is 2.50 bits per heavy atom. The summed E-state index contributed by atoms with van der Waals surface area (Å²) in [5.41, 5.74) is 0.422. The number of nitrogens with one attached hydrogen (secondary N) is 1. The zero-order valence-corrected chi connectivity index (χ0v) is 8.23. The molecule has 1 fully saturated rings. The fourth-order valence-electron chi connectivity index (χ4n) is 1.53. The average molecular weight is 194 g/mol. The van der Waals surface area contributed by atoms with E-state index >= 15 is 0 Å². The van der Waals surface area contributed by atoms with Crippen molar-refractivity contribution in [3.8, 4) is 0 Å². The maximum atomic E-state index is 11.9. The first kappa shape index (κ1) is 9.18. The number of nitrogens with zero attached hydrogens (tertiary/aromatic N) is 3. The van der Waals surface area contributed by atoms with Crippen LogP contribution in [0, 0.1) is 0 Å². The number of amides is 1. The second-order valence-corrected chi connectivity index (χ2v) is 3.58. The van der Waals surface area contributed by atoms with E-state index < -0.39 is 0 Å². The SMILES string of the molecule is CCCN(C(=O)c1cn[nH]n1)C1CC1. The van der Waals surface area contributed by atoms with E-state index in [4.69, 9.17) is 0 Å². The van der Waals surface area contributed by atoms with Crippen LogP contribution < -0.4 is 0 Å². The van der Waals surface area contributed by atoms with Crippen LogP contribution in [0.2, 0.25) is 0 Å². The van der Waals surface area contributed by atoms with Crippen LogP contribution in [0.3, 0.4) is 0 Å². The highest BCUT2D eigenvalue weighted by Crippen LogP contribution is 2.27. The number of carbonyl (C=O) groups excluding carboxylic acids is 1. The first-order valence-corrected chi connectivity index (χ1v) is 4.99. The van der Waals surface area contributed by atoms with Crippen LogP contribution in [0.5, 0.6) is 0 Å². The quantitative estimate of drug-likeness (QED) is 0.771. The van der Waals surface area contributed by atoms with Crippen molar-refractivity contribution in [2.24, 2.45) is 0 Å². The summed E-state index contributed by atoms with van der Waals surface area (Å²) in [6.07, 6.45) is 4.72. The molecule has 1 saturated carbocycles. The predicted octanol–water partition coefficient (Wildman–Crippen LogP) is 0.819. The van der Waals surface area contributed by atoms with E-state index in [1.165, 1.54) is 6.20 Å². The highest BCUT2D eigenvalue weighted by molar-refractivity contribution is 5.92. The molecule has 1 aromatic rings. The Hall–Kier alpha value is -1.39. The van der Waals surface area contributed by atoms with Gasteiger partial charge in [-0.1, -0.05) is 6.92 Å². The predicted molar refractivity (Wildman–Crippen MR) is 50.7 cm³/mol. The molecule has 5 nitrogen and oxygen atoms in total. The summed E-state index contributed by atoms with van der Waals surface area (Å²) >= 11 is 0. The van der Waals surface area contributed by atoms with E-state index in [2.05, 4.69) is 22.3 Å². The summed E-state index contributed by atoms with van der Waals surface area (Å²) in [6, 6.07) is 0.444. The third-order valence-corrected chi connectivity index (χ3v) is 2.35. The molecule has 0 unspecified atom stereocenters. The van der Waals surface area contributed by atoms with E-state index in [0.717, 1.165) is 25.8 Å². The lowest BCUT2D eigenvalue weighted by atomic mass is 10.3. The standard InChI is InChI=1S/C9H14N4O/c1-2-5-13(7-3-4-7)9(14)8-6-10-12-11-8/h6-7H,2-5H2,1H3,(H,10,11,12). The molecule has 1 aliphatic rings. The second-order valence-electron chi connectivity index (χ2n) is 3.58. The molecule has 14 heavy (non-hydrogen) atoms. The van der Waals surface area contributed by atoms with Gasteiger partial charge in [-0.25, -0.2) is 0 Å². The van der Waals surface area contributed by atoms with Crippen LogP contribution in [0.15, 0.2) is 6.20 Å². The summed E-state index contributed by atoms with van der Waals surface area (Å²) in [7, 11) is 0. The Kier molecular flexibility index (Phi) is 2.47. The van der Waals surface area contributed by atoms with Gasteiger partial charge in [-0.3, -0.25) is 4.79 Å². The monoisotopic (exact) mass is 194 g/mol. The highest BCUT2D eigenvalue weighted by atomic mass is 16.2. The van der Waals surface area contributed by atoms with Crippen LogP contribution in [0.1, 0.15) is 36.7 Å². The lowest BCUT2D eigenvalue weighted by molar-refractivity contribution is 0.0737. The van der Waals surface area contributed by atoms with Crippen LogP contribution in [-0.2, 0) is 0 Å². The molecule has 0 aromatic carbocycles. The minimum atomic E-state index is 0.00287. The molecule has 0 radical (unpaired) electrons. The fourth-order valence-corrected chi connectivity index (χ4v) is 1.53. The third-order valence-electron chi connectivity index (χ3n) is 2.35. The maximum absolute atomic E-state index is 11.9. The molecule has 1 N–H and O–H groups in total. The molecule has 1 aromatic heterocycles. The Labute approximate surface area is 82.5 Å². The first-order valence-electron chi connectivity index (χ1n) is 4.99. The molecule has 0 atom stereocenters. The zero-order valence-electron chi connectivity index (χ0n) is 8.23. The van der Waals surface area contributed by atoms with Crippen LogP contribution in [-0.4, -0.2) is 38.8 Å². The third kappa shape index (κ3) is 1.76. The van der Waals surface area contributed by atoms with Crippen molar-refractivity contribution < 1.29 is 4.79 Å². The molecule has 1 amide bonds. The zero-order chi connectivity index (χ0) is 9.97. The molecule has 1 aliphatic carbocycles. The van der Waals surface area contributed by atoms with Crippen molar-refractivity contribution in [1.29, 1.82) is 0 Å². The number of aromatic nitrogens is 3. The number of aromatic amines is 1. The average Bonchev–Trinajstić information content (AvgIpc) is 2.88. The largest absolute Gasteiger partial charge is 0.334 e. The number of hydrogen-bond acceptors (Lipinski definition) is 3. The van der Waals surface area contributed by atoms with Gasteiger partial charge in [-0.15, -0.1) is 0 Å². The van der Waals surface area contributed by atoms with Gasteiger partial charge in [0.05, 0.1) is 6.20 Å². The molecule has 1 heterocycles. The number of rotatable bonds is 4. The van der Waals surface area contributed by atoms with Gasteiger partial charge in [-0.05, 0) is 19.3 Å². The van der Waals surface area contributed by atoms with Crippen molar-refractivity contribution >= 4 is 5.91 Å². The van der Waals surface area contributed by atoms with E-state index in [9.17, 15) is 4.79 Å². The lowest BCUT2D eigenvalue weighted by Crippen LogP contribution is -2.34. The fraction of sp³-hybridized carbons (Fsp3) is 0.667. The molecule has 0 spiro atoms. The van der Waals surface area contributed by atoms with E-state index in [1.54, 1.807) is 0 Å². The van der Waals surface area contributed by atoms with Crippen LogP contribution in [0.25, 0.3) is 0 Å². The molecule has 2 rings (SSSR count). The van der Waals surface area contributed by atoms with Crippen molar-refractivity contribution in [3.05, 3.63) is 11.9 Å². The Morgan fingerprint density at radius 3 is 3.00 bits per heavy atom. The van der Waals surface area contributed by atoms with Gasteiger partial charge < -0.3 is 4.90 Å². The van der Waals surface area contributed by atoms with Crippen molar-refractivity contribution in [2.45, 2.75) is 32.2 Å². The van der Waals surface area contributed by atoms with Gasteiger partial charge in [-0.2, -0.15) is 15.4 Å². The number of hydrogen-bond donors (Lipinski definition) is 1. The molecule has 0 bridgehead atoms. The molecule has 0 aliphatic heterocycles. The molecule has 76 valence electrons. The molecule has 0 saturated heterocycles. The molecule has 5 heteroatoms. The topological polar surface area (TPSA) is 61.9 Å². The Morgan fingerprint density at radius 1 is 1.71 bits per heavy atom. The van der Waals surface area contributed by atoms with Gasteiger partial charge in [0.25, 0.3) is 5.91 Å². The highest BCUT2D eigenvalue weighted by Gasteiger charge is 2.33. The summed E-state index contributed by atoms with van der Waals surface area (Å²) in [5, 5.41) is 9.90. The normalized spacial score (nSPS) is 15.5. The van der Waals surface area contributed by atoms with Crippen molar-refractivity contribution in [3.63, 3.8) is 0 Å². The van der Waals surface area contributed by atoms with Gasteiger partial charge in [0.2, 0.25) is 0 Å². The van der Waals surface area contributed by atoms with Crippen LogP contribution >= 0.6 is 0 Å². The van der Waals surface area contributed by atoms with Gasteiger partial charge in [0.1, 0.15) is 0 Å². The smallest absolute Gasteiger partial charge is 0.276 e. The van der Waals surface area contributed by atoms with Gasteiger partial charge >= 0.3 is 0 Å². The minimum Gasteiger partial charge on any atom is -0.334 e. The second kappa shape index (κ2) is 3.77. The van der Waals surface area contributed by atoms with Crippen molar-refractivity contribution in [1.82, 2.24) is 20.3 Å². The minimum absolute atomic E-state index is 0.00287. The lowest BCUT2D eigenvalue weighted by Gasteiger charge is -2.19. The maximum Gasteiger partial charge on any atom is 0.276 e. The summed E-state index contributed by atoms with van der Waals surface area (Å²) < 4.78 is 0. The van der Waals surface area contributed by atoms with Crippen LogP contribution in [0.4, 0.5) is 0 Å².